The topological polar surface area (TPSA) is 35.2 Å². The van der Waals surface area contributed by atoms with Gasteiger partial charge in [0.15, 0.2) is 0 Å². The quantitative estimate of drug-likeness (QED) is 0.874. The lowest BCUT2D eigenvalue weighted by Crippen LogP contribution is -2.15. The Morgan fingerprint density at radius 2 is 2.05 bits per heavy atom. The van der Waals surface area contributed by atoms with E-state index in [1.807, 2.05) is 6.07 Å². The predicted octanol–water partition coefficient (Wildman–Crippen LogP) is 4.22. The lowest BCUT2D eigenvalue weighted by atomic mass is 9.96. The molecule has 5 heteroatoms. The van der Waals surface area contributed by atoms with Gasteiger partial charge in [0, 0.05) is 27.0 Å². The van der Waals surface area contributed by atoms with Crippen LogP contribution in [0.15, 0.2) is 34.8 Å². The second kappa shape index (κ2) is 5.35. The highest BCUT2D eigenvalue weighted by Crippen LogP contribution is 2.38. The summed E-state index contributed by atoms with van der Waals surface area (Å²) in [6, 6.07) is 7.73. The lowest BCUT2D eigenvalue weighted by Gasteiger charge is -2.17. The summed E-state index contributed by atoms with van der Waals surface area (Å²) in [7, 11) is 0. The number of halogens is 3. The van der Waals surface area contributed by atoms with E-state index in [0.717, 1.165) is 27.8 Å². The van der Waals surface area contributed by atoms with Gasteiger partial charge in [-0.15, -0.1) is 0 Å². The van der Waals surface area contributed by atoms with E-state index in [4.69, 9.17) is 22.1 Å². The van der Waals surface area contributed by atoms with Crippen molar-refractivity contribution in [1.29, 1.82) is 0 Å². The minimum atomic E-state index is -0.613. The summed E-state index contributed by atoms with van der Waals surface area (Å²) in [4.78, 5) is 0. The molecule has 0 saturated heterocycles. The van der Waals surface area contributed by atoms with Crippen molar-refractivity contribution in [1.82, 2.24) is 0 Å². The summed E-state index contributed by atoms with van der Waals surface area (Å²) >= 11 is 9.45. The third-order valence-corrected chi connectivity index (χ3v) is 4.12. The lowest BCUT2D eigenvalue weighted by molar-refractivity contribution is 0.352. The van der Waals surface area contributed by atoms with Gasteiger partial charge in [0.25, 0.3) is 0 Å². The van der Waals surface area contributed by atoms with Crippen LogP contribution < -0.4 is 10.5 Å². The minimum Gasteiger partial charge on any atom is -0.493 e. The summed E-state index contributed by atoms with van der Waals surface area (Å²) in [5.74, 6) is 0.397. The molecule has 1 heterocycles. The molecule has 1 aliphatic rings. The summed E-state index contributed by atoms with van der Waals surface area (Å²) in [5.41, 5.74) is 8.39. The number of fused-ring (bicyclic) bond motifs is 1. The second-order valence-electron chi connectivity index (χ2n) is 4.73. The Balaban J connectivity index is 2.11. The Labute approximate surface area is 129 Å². The molecule has 3 rings (SSSR count). The fraction of sp³-hybridized carbons (Fsp3) is 0.200. The molecule has 1 aliphatic heterocycles. The molecule has 2 aromatic carbocycles. The van der Waals surface area contributed by atoms with Gasteiger partial charge in [-0.3, -0.25) is 0 Å². The third-order valence-electron chi connectivity index (χ3n) is 3.41. The van der Waals surface area contributed by atoms with Gasteiger partial charge in [-0.05, 0) is 35.9 Å². The zero-order chi connectivity index (χ0) is 14.3. The Hall–Kier alpha value is -1.10. The van der Waals surface area contributed by atoms with Gasteiger partial charge >= 0.3 is 0 Å². The van der Waals surface area contributed by atoms with Crippen molar-refractivity contribution in [2.45, 2.75) is 12.5 Å². The number of rotatable bonds is 2. The van der Waals surface area contributed by atoms with E-state index < -0.39 is 6.04 Å². The highest BCUT2D eigenvalue weighted by Gasteiger charge is 2.24. The van der Waals surface area contributed by atoms with E-state index in [9.17, 15) is 4.39 Å². The van der Waals surface area contributed by atoms with Crippen LogP contribution in [0.25, 0.3) is 0 Å². The molecule has 0 radical (unpaired) electrons. The SMILES string of the molecule is NC(c1cc(Br)ccc1F)c1cc(Cl)cc2c1OCC2. The summed E-state index contributed by atoms with van der Waals surface area (Å²) in [5, 5.41) is 0.593. The van der Waals surface area contributed by atoms with Gasteiger partial charge in [-0.2, -0.15) is 0 Å². The zero-order valence-electron chi connectivity index (χ0n) is 10.5. The molecule has 0 fully saturated rings. The van der Waals surface area contributed by atoms with Gasteiger partial charge < -0.3 is 10.5 Å². The molecule has 0 aliphatic carbocycles. The smallest absolute Gasteiger partial charge is 0.128 e. The molecule has 0 spiro atoms. The van der Waals surface area contributed by atoms with E-state index in [-0.39, 0.29) is 5.82 Å². The highest BCUT2D eigenvalue weighted by atomic mass is 79.9. The molecule has 104 valence electrons. The van der Waals surface area contributed by atoms with Crippen molar-refractivity contribution < 1.29 is 9.13 Å². The first kappa shape index (κ1) is 13.9. The first-order chi connectivity index (χ1) is 9.56. The maximum atomic E-state index is 14.0. The number of nitrogens with two attached hydrogens (primary N) is 1. The third kappa shape index (κ3) is 2.43. The molecule has 1 unspecified atom stereocenters. The maximum Gasteiger partial charge on any atom is 0.128 e. The number of hydrogen-bond donors (Lipinski definition) is 1. The minimum absolute atomic E-state index is 0.340. The first-order valence-corrected chi connectivity index (χ1v) is 7.39. The van der Waals surface area contributed by atoms with Crippen molar-refractivity contribution in [3.8, 4) is 5.75 Å². The second-order valence-corrected chi connectivity index (χ2v) is 6.08. The Kier molecular flexibility index (Phi) is 3.71. The van der Waals surface area contributed by atoms with Crippen LogP contribution >= 0.6 is 27.5 Å². The van der Waals surface area contributed by atoms with E-state index in [1.165, 1.54) is 6.07 Å². The standard InChI is InChI=1S/C15H12BrClFNO/c16-9-1-2-13(18)11(6-9)14(19)12-7-10(17)5-8-3-4-20-15(8)12/h1-2,5-7,14H,3-4,19H2. The number of ether oxygens (including phenoxy) is 1. The zero-order valence-corrected chi connectivity index (χ0v) is 12.8. The summed E-state index contributed by atoms with van der Waals surface area (Å²) < 4.78 is 20.4. The van der Waals surface area contributed by atoms with Crippen LogP contribution in [0.2, 0.25) is 5.02 Å². The van der Waals surface area contributed by atoms with Crippen molar-refractivity contribution in [2.24, 2.45) is 5.73 Å². The van der Waals surface area contributed by atoms with Gasteiger partial charge in [0.1, 0.15) is 11.6 Å². The molecule has 2 aromatic rings. The van der Waals surface area contributed by atoms with Crippen LogP contribution in [0, 0.1) is 5.82 Å². The molecular weight excluding hydrogens is 345 g/mol. The fourth-order valence-electron chi connectivity index (χ4n) is 2.45. The van der Waals surface area contributed by atoms with Crippen LogP contribution in [-0.2, 0) is 6.42 Å². The van der Waals surface area contributed by atoms with Gasteiger partial charge in [-0.1, -0.05) is 27.5 Å². The Bertz CT molecular complexity index is 677. The molecule has 1 atom stereocenters. The van der Waals surface area contributed by atoms with Crippen molar-refractivity contribution in [2.75, 3.05) is 6.61 Å². The van der Waals surface area contributed by atoms with Crippen LogP contribution in [0.1, 0.15) is 22.7 Å². The van der Waals surface area contributed by atoms with E-state index in [1.54, 1.807) is 18.2 Å². The molecule has 2 N–H and O–H groups in total. The normalized spacial score (nSPS) is 14.8. The van der Waals surface area contributed by atoms with Gasteiger partial charge in [0.2, 0.25) is 0 Å². The van der Waals surface area contributed by atoms with Crippen molar-refractivity contribution in [3.05, 3.63) is 62.3 Å². The summed E-state index contributed by atoms with van der Waals surface area (Å²) in [6.45, 7) is 0.608. The molecule has 0 bridgehead atoms. The van der Waals surface area contributed by atoms with Gasteiger partial charge in [-0.25, -0.2) is 4.39 Å². The summed E-state index contributed by atoms with van der Waals surface area (Å²) in [6.07, 6.45) is 0.802. The van der Waals surface area contributed by atoms with Gasteiger partial charge in [0.05, 0.1) is 12.6 Å². The predicted molar refractivity (Wildman–Crippen MR) is 80.8 cm³/mol. The molecule has 0 aromatic heterocycles. The van der Waals surface area contributed by atoms with Crippen molar-refractivity contribution >= 4 is 27.5 Å². The Morgan fingerprint density at radius 3 is 2.85 bits per heavy atom. The van der Waals surface area contributed by atoms with Crippen LogP contribution in [0.3, 0.4) is 0 Å². The molecule has 2 nitrogen and oxygen atoms in total. The maximum absolute atomic E-state index is 14.0. The van der Waals surface area contributed by atoms with Crippen LogP contribution in [0.4, 0.5) is 4.39 Å². The molecule has 0 saturated carbocycles. The largest absolute Gasteiger partial charge is 0.493 e. The van der Waals surface area contributed by atoms with Crippen LogP contribution in [-0.4, -0.2) is 6.61 Å². The van der Waals surface area contributed by atoms with Crippen LogP contribution in [0.5, 0.6) is 5.75 Å². The average Bonchev–Trinajstić information content (AvgIpc) is 2.87. The Morgan fingerprint density at radius 1 is 1.25 bits per heavy atom. The monoisotopic (exact) mass is 355 g/mol. The molecular formula is C15H12BrClFNO. The highest BCUT2D eigenvalue weighted by molar-refractivity contribution is 9.10. The van der Waals surface area contributed by atoms with E-state index in [0.29, 0.717) is 17.2 Å². The number of hydrogen-bond acceptors (Lipinski definition) is 2. The van der Waals surface area contributed by atoms with E-state index in [2.05, 4.69) is 15.9 Å². The molecule has 0 amide bonds. The fourth-order valence-corrected chi connectivity index (χ4v) is 3.08. The first-order valence-electron chi connectivity index (χ1n) is 6.22. The van der Waals surface area contributed by atoms with Crippen molar-refractivity contribution in [3.63, 3.8) is 0 Å². The number of benzene rings is 2. The molecule has 20 heavy (non-hydrogen) atoms. The van der Waals surface area contributed by atoms with E-state index >= 15 is 0 Å². The average molecular weight is 357 g/mol.